The van der Waals surface area contributed by atoms with Crippen LogP contribution >= 0.6 is 11.3 Å². The number of nitrogens with one attached hydrogen (secondary N) is 1. The Hall–Kier alpha value is -3.24. The summed E-state index contributed by atoms with van der Waals surface area (Å²) >= 11 is 1.66. The zero-order chi connectivity index (χ0) is 19.2. The summed E-state index contributed by atoms with van der Waals surface area (Å²) in [4.78, 5) is 18.7. The fourth-order valence-corrected chi connectivity index (χ4v) is 3.91. The Kier molecular flexibility index (Phi) is 5.59. The number of hydrogen-bond donors (Lipinski definition) is 1. The van der Waals surface area contributed by atoms with Gasteiger partial charge in [-0.05, 0) is 40.3 Å². The molecule has 0 atom stereocenters. The molecule has 28 heavy (non-hydrogen) atoms. The number of benzene rings is 2. The number of rotatable bonds is 6. The minimum Gasteiger partial charge on any atom is -0.351 e. The molecule has 138 valence electrons. The van der Waals surface area contributed by atoms with Crippen molar-refractivity contribution < 1.29 is 4.79 Å². The molecule has 1 N–H and O–H groups in total. The summed E-state index contributed by atoms with van der Waals surface area (Å²) in [6.45, 7) is 0.468. The second-order valence-electron chi connectivity index (χ2n) is 6.50. The first kappa shape index (κ1) is 18.1. The fraction of sp³-hybridized carbons (Fsp3) is 0.0833. The van der Waals surface area contributed by atoms with Crippen LogP contribution in [-0.4, -0.2) is 10.9 Å². The second kappa shape index (κ2) is 8.63. The molecule has 0 spiro atoms. The Morgan fingerprint density at radius 2 is 1.57 bits per heavy atom. The maximum absolute atomic E-state index is 13.1. The van der Waals surface area contributed by atoms with E-state index in [2.05, 4.69) is 16.4 Å². The van der Waals surface area contributed by atoms with E-state index in [1.165, 1.54) is 0 Å². The predicted molar refractivity (Wildman–Crippen MR) is 114 cm³/mol. The molecule has 0 saturated heterocycles. The quantitative estimate of drug-likeness (QED) is 0.493. The highest BCUT2D eigenvalue weighted by Crippen LogP contribution is 2.25. The number of thiophene rings is 1. The highest BCUT2D eigenvalue weighted by Gasteiger charge is 2.22. The predicted octanol–water partition coefficient (Wildman–Crippen LogP) is 5.26. The minimum atomic E-state index is -0.332. The molecule has 0 saturated carbocycles. The van der Waals surface area contributed by atoms with Crippen molar-refractivity contribution in [2.75, 3.05) is 0 Å². The average molecular weight is 385 g/mol. The van der Waals surface area contributed by atoms with Gasteiger partial charge >= 0.3 is 0 Å². The average Bonchev–Trinajstić information content (AvgIpc) is 3.29. The maximum atomic E-state index is 13.1. The van der Waals surface area contributed by atoms with Crippen molar-refractivity contribution >= 4 is 17.2 Å². The summed E-state index contributed by atoms with van der Waals surface area (Å²) in [5.41, 5.74) is 3.94. The first-order valence-corrected chi connectivity index (χ1v) is 10.1. The first-order chi connectivity index (χ1) is 13.8. The Bertz CT molecular complexity index is 991. The number of amides is 1. The molecule has 0 unspecified atom stereocenters. The minimum absolute atomic E-state index is 0.00751. The van der Waals surface area contributed by atoms with Gasteiger partial charge in [0, 0.05) is 12.7 Å². The number of pyridine rings is 1. The van der Waals surface area contributed by atoms with E-state index in [4.69, 9.17) is 0 Å². The van der Waals surface area contributed by atoms with E-state index >= 15 is 0 Å². The number of hydrogen-bond acceptors (Lipinski definition) is 3. The lowest BCUT2D eigenvalue weighted by Crippen LogP contribution is -2.29. The van der Waals surface area contributed by atoms with Gasteiger partial charge in [0.2, 0.25) is 5.91 Å². The second-order valence-corrected chi connectivity index (χ2v) is 7.45. The van der Waals surface area contributed by atoms with Gasteiger partial charge in [0.1, 0.15) is 0 Å². The topological polar surface area (TPSA) is 42.0 Å². The van der Waals surface area contributed by atoms with Gasteiger partial charge in [-0.2, -0.15) is 0 Å². The number of carbonyl (C=O) groups excluding carboxylic acids is 1. The molecule has 0 aliphatic rings. The smallest absolute Gasteiger partial charge is 0.232 e. The molecule has 0 fully saturated rings. The lowest BCUT2D eigenvalue weighted by Gasteiger charge is -2.18. The molecular weight excluding hydrogens is 364 g/mol. The normalized spacial score (nSPS) is 10.8. The van der Waals surface area contributed by atoms with Crippen LogP contribution in [0.3, 0.4) is 0 Å². The van der Waals surface area contributed by atoms with Crippen LogP contribution in [0.15, 0.2) is 96.5 Å². The third-order valence-corrected chi connectivity index (χ3v) is 5.49. The molecule has 0 radical (unpaired) electrons. The first-order valence-electron chi connectivity index (χ1n) is 9.17. The van der Waals surface area contributed by atoms with E-state index in [1.807, 2.05) is 84.2 Å². The Morgan fingerprint density at radius 1 is 0.893 bits per heavy atom. The number of carbonyl (C=O) groups is 1. The van der Waals surface area contributed by atoms with Crippen LogP contribution in [0.1, 0.15) is 22.6 Å². The molecule has 2 aromatic carbocycles. The van der Waals surface area contributed by atoms with Gasteiger partial charge in [0.05, 0.1) is 16.5 Å². The van der Waals surface area contributed by atoms with E-state index in [1.54, 1.807) is 17.5 Å². The van der Waals surface area contributed by atoms with Crippen molar-refractivity contribution in [3.05, 3.63) is 113 Å². The van der Waals surface area contributed by atoms with Crippen molar-refractivity contribution in [3.63, 3.8) is 0 Å². The van der Waals surface area contributed by atoms with E-state index in [0.29, 0.717) is 6.54 Å². The standard InChI is InChI=1S/C24H20N2OS/c27-24(23(19-8-3-1-4-9-19)20-10-5-2-6-11-20)26-17-18-13-14-25-21(16-18)22-12-7-15-28-22/h1-16,23H,17H2,(H,26,27). The summed E-state index contributed by atoms with van der Waals surface area (Å²) in [6.07, 6.45) is 1.79. The van der Waals surface area contributed by atoms with Gasteiger partial charge < -0.3 is 5.32 Å². The van der Waals surface area contributed by atoms with Crippen molar-refractivity contribution in [1.82, 2.24) is 10.3 Å². The Morgan fingerprint density at radius 3 is 2.18 bits per heavy atom. The number of aromatic nitrogens is 1. The molecule has 1 amide bonds. The van der Waals surface area contributed by atoms with Gasteiger partial charge in [-0.1, -0.05) is 66.7 Å². The summed E-state index contributed by atoms with van der Waals surface area (Å²) < 4.78 is 0. The van der Waals surface area contributed by atoms with Crippen LogP contribution in [0.4, 0.5) is 0 Å². The summed E-state index contributed by atoms with van der Waals surface area (Å²) in [6, 6.07) is 27.8. The molecule has 0 bridgehead atoms. The highest BCUT2D eigenvalue weighted by atomic mass is 32.1. The highest BCUT2D eigenvalue weighted by molar-refractivity contribution is 7.13. The van der Waals surface area contributed by atoms with Crippen LogP contribution in [0.2, 0.25) is 0 Å². The molecule has 0 aliphatic carbocycles. The van der Waals surface area contributed by atoms with Crippen LogP contribution in [-0.2, 0) is 11.3 Å². The van der Waals surface area contributed by atoms with Crippen LogP contribution in [0.25, 0.3) is 10.6 Å². The van der Waals surface area contributed by atoms with Crippen molar-refractivity contribution in [2.24, 2.45) is 0 Å². The Labute approximate surface area is 168 Å². The largest absolute Gasteiger partial charge is 0.351 e. The summed E-state index contributed by atoms with van der Waals surface area (Å²) in [5, 5.41) is 5.14. The SMILES string of the molecule is O=C(NCc1ccnc(-c2cccs2)c1)C(c1ccccc1)c1ccccc1. The van der Waals surface area contributed by atoms with Crippen LogP contribution in [0.5, 0.6) is 0 Å². The molecule has 4 heteroatoms. The molecular formula is C24H20N2OS. The lowest BCUT2D eigenvalue weighted by molar-refractivity contribution is -0.121. The lowest BCUT2D eigenvalue weighted by atomic mass is 9.90. The van der Waals surface area contributed by atoms with Gasteiger partial charge in [0.15, 0.2) is 0 Å². The van der Waals surface area contributed by atoms with Crippen LogP contribution < -0.4 is 5.32 Å². The monoisotopic (exact) mass is 384 g/mol. The Balaban J connectivity index is 1.53. The van der Waals surface area contributed by atoms with E-state index < -0.39 is 0 Å². The van der Waals surface area contributed by atoms with Gasteiger partial charge in [0.25, 0.3) is 0 Å². The molecule has 4 aromatic rings. The maximum Gasteiger partial charge on any atom is 0.232 e. The number of nitrogens with zero attached hydrogens (tertiary/aromatic N) is 1. The van der Waals surface area contributed by atoms with Gasteiger partial charge in [-0.3, -0.25) is 9.78 Å². The van der Waals surface area contributed by atoms with Crippen LogP contribution in [0, 0.1) is 0 Å². The molecule has 4 rings (SSSR count). The van der Waals surface area contributed by atoms with E-state index in [0.717, 1.165) is 27.3 Å². The zero-order valence-corrected chi connectivity index (χ0v) is 16.1. The van der Waals surface area contributed by atoms with Crippen molar-refractivity contribution in [2.45, 2.75) is 12.5 Å². The van der Waals surface area contributed by atoms with Crippen molar-refractivity contribution in [1.29, 1.82) is 0 Å². The third-order valence-electron chi connectivity index (χ3n) is 4.59. The molecule has 2 heterocycles. The third kappa shape index (κ3) is 4.18. The van der Waals surface area contributed by atoms with Gasteiger partial charge in [-0.25, -0.2) is 0 Å². The van der Waals surface area contributed by atoms with E-state index in [-0.39, 0.29) is 11.8 Å². The molecule has 0 aliphatic heterocycles. The van der Waals surface area contributed by atoms with Crippen molar-refractivity contribution in [3.8, 4) is 10.6 Å². The molecule has 3 nitrogen and oxygen atoms in total. The van der Waals surface area contributed by atoms with E-state index in [9.17, 15) is 4.79 Å². The zero-order valence-electron chi connectivity index (χ0n) is 15.3. The fourth-order valence-electron chi connectivity index (χ4n) is 3.22. The summed E-state index contributed by atoms with van der Waals surface area (Å²) in [7, 11) is 0. The summed E-state index contributed by atoms with van der Waals surface area (Å²) in [5.74, 6) is -0.340. The molecule has 2 aromatic heterocycles. The van der Waals surface area contributed by atoms with Gasteiger partial charge in [-0.15, -0.1) is 11.3 Å².